The molecule has 2 fully saturated rings. The van der Waals surface area contributed by atoms with E-state index in [1.165, 1.54) is 5.56 Å². The predicted molar refractivity (Wildman–Crippen MR) is 81.8 cm³/mol. The fraction of sp³-hybridized carbons (Fsp3) is 0.556. The van der Waals surface area contributed by atoms with Crippen molar-refractivity contribution in [3.8, 4) is 0 Å². The molecule has 2 aliphatic rings. The van der Waals surface area contributed by atoms with Crippen LogP contribution in [0.15, 0.2) is 42.5 Å². The average molecular weight is 288 g/mol. The van der Waals surface area contributed by atoms with Gasteiger partial charge in [-0.1, -0.05) is 56.3 Å². The van der Waals surface area contributed by atoms with Gasteiger partial charge in [0.1, 0.15) is 0 Å². The maximum absolute atomic E-state index is 6.28. The van der Waals surface area contributed by atoms with E-state index in [-0.39, 0.29) is 24.4 Å². The van der Waals surface area contributed by atoms with E-state index < -0.39 is 0 Å². The second-order valence-corrected chi connectivity index (χ2v) is 6.14. The third-order valence-electron chi connectivity index (χ3n) is 4.08. The summed E-state index contributed by atoms with van der Waals surface area (Å²) in [6.07, 6.45) is 5.41. The highest BCUT2D eigenvalue weighted by molar-refractivity contribution is 5.19. The van der Waals surface area contributed by atoms with Crippen molar-refractivity contribution in [1.29, 1.82) is 0 Å². The number of ether oxygens (including phenoxy) is 3. The summed E-state index contributed by atoms with van der Waals surface area (Å²) in [5.74, 6) is 0.795. The molecule has 3 heteroatoms. The lowest BCUT2D eigenvalue weighted by Gasteiger charge is -2.20. The van der Waals surface area contributed by atoms with Gasteiger partial charge in [-0.25, -0.2) is 0 Å². The molecule has 2 saturated heterocycles. The minimum atomic E-state index is -0.125. The van der Waals surface area contributed by atoms with Gasteiger partial charge in [-0.05, 0) is 17.9 Å². The van der Waals surface area contributed by atoms with E-state index in [0.717, 1.165) is 6.42 Å². The lowest BCUT2D eigenvalue weighted by atomic mass is 9.95. The van der Waals surface area contributed by atoms with Crippen molar-refractivity contribution in [3.63, 3.8) is 0 Å². The third kappa shape index (κ3) is 3.54. The number of allylic oxidation sites excluding steroid dienone is 1. The van der Waals surface area contributed by atoms with Crippen molar-refractivity contribution in [2.24, 2.45) is 11.8 Å². The minimum absolute atomic E-state index is 0.0701. The number of benzene rings is 1. The third-order valence-corrected chi connectivity index (χ3v) is 4.08. The summed E-state index contributed by atoms with van der Waals surface area (Å²) in [4.78, 5) is 0. The van der Waals surface area contributed by atoms with Crippen LogP contribution in [0.2, 0.25) is 0 Å². The van der Waals surface area contributed by atoms with Crippen LogP contribution in [0.5, 0.6) is 0 Å². The summed E-state index contributed by atoms with van der Waals surface area (Å²) in [7, 11) is 0. The largest absolute Gasteiger partial charge is 0.366 e. The van der Waals surface area contributed by atoms with E-state index in [1.54, 1.807) is 0 Å². The molecular weight excluding hydrogens is 264 g/mol. The second kappa shape index (κ2) is 6.73. The Kier molecular flexibility index (Phi) is 4.73. The first-order valence-electron chi connectivity index (χ1n) is 7.86. The molecule has 0 aliphatic carbocycles. The molecule has 0 aromatic heterocycles. The molecule has 114 valence electrons. The SMILES string of the molecule is CC(C)/C=C/[C@H]1O[C@H](c2ccccc2)C[C@@H]1C1OCCO1. The Balaban J connectivity index is 1.75. The fourth-order valence-electron chi connectivity index (χ4n) is 3.02. The number of hydrogen-bond acceptors (Lipinski definition) is 3. The van der Waals surface area contributed by atoms with Crippen LogP contribution < -0.4 is 0 Å². The molecule has 1 aromatic rings. The second-order valence-electron chi connectivity index (χ2n) is 6.14. The maximum atomic E-state index is 6.28. The minimum Gasteiger partial charge on any atom is -0.366 e. The summed E-state index contributed by atoms with van der Waals surface area (Å²) < 4.78 is 17.7. The van der Waals surface area contributed by atoms with Crippen LogP contribution in [0.3, 0.4) is 0 Å². The number of hydrogen-bond donors (Lipinski definition) is 0. The predicted octanol–water partition coefficient (Wildman–Crippen LogP) is 3.72. The van der Waals surface area contributed by atoms with Gasteiger partial charge >= 0.3 is 0 Å². The lowest BCUT2D eigenvalue weighted by Crippen LogP contribution is -2.27. The fourth-order valence-corrected chi connectivity index (χ4v) is 3.02. The summed E-state index contributed by atoms with van der Waals surface area (Å²) >= 11 is 0. The quantitative estimate of drug-likeness (QED) is 0.790. The van der Waals surface area contributed by atoms with Crippen molar-refractivity contribution >= 4 is 0 Å². The van der Waals surface area contributed by atoms with Gasteiger partial charge in [-0.15, -0.1) is 0 Å². The van der Waals surface area contributed by atoms with E-state index in [0.29, 0.717) is 19.1 Å². The van der Waals surface area contributed by atoms with Gasteiger partial charge in [0.25, 0.3) is 0 Å². The average Bonchev–Trinajstić information content (AvgIpc) is 3.15. The molecule has 1 aromatic carbocycles. The van der Waals surface area contributed by atoms with Gasteiger partial charge in [0.2, 0.25) is 0 Å². The molecule has 0 saturated carbocycles. The van der Waals surface area contributed by atoms with Crippen molar-refractivity contribution < 1.29 is 14.2 Å². The van der Waals surface area contributed by atoms with Gasteiger partial charge in [0, 0.05) is 5.92 Å². The zero-order chi connectivity index (χ0) is 14.7. The summed E-state index contributed by atoms with van der Waals surface area (Å²) in [6.45, 7) is 5.74. The smallest absolute Gasteiger partial charge is 0.163 e. The van der Waals surface area contributed by atoms with E-state index in [9.17, 15) is 0 Å². The van der Waals surface area contributed by atoms with Crippen LogP contribution >= 0.6 is 0 Å². The van der Waals surface area contributed by atoms with Crippen molar-refractivity contribution in [1.82, 2.24) is 0 Å². The molecule has 3 atom stereocenters. The summed E-state index contributed by atoms with van der Waals surface area (Å²) in [5, 5.41) is 0. The van der Waals surface area contributed by atoms with Gasteiger partial charge in [0.05, 0.1) is 25.4 Å². The molecule has 3 rings (SSSR count). The Morgan fingerprint density at radius 2 is 1.81 bits per heavy atom. The molecule has 2 heterocycles. The van der Waals surface area contributed by atoms with E-state index >= 15 is 0 Å². The molecular formula is C18H24O3. The highest BCUT2D eigenvalue weighted by Crippen LogP contribution is 2.41. The summed E-state index contributed by atoms with van der Waals surface area (Å²) in [5.41, 5.74) is 1.24. The van der Waals surface area contributed by atoms with Crippen LogP contribution in [-0.4, -0.2) is 25.6 Å². The Bertz CT molecular complexity index is 463. The molecule has 0 amide bonds. The normalized spacial score (nSPS) is 30.7. The van der Waals surface area contributed by atoms with Crippen LogP contribution in [0.1, 0.15) is 31.9 Å². The molecule has 0 N–H and O–H groups in total. The van der Waals surface area contributed by atoms with Gasteiger partial charge in [-0.2, -0.15) is 0 Å². The molecule has 0 unspecified atom stereocenters. The Morgan fingerprint density at radius 3 is 2.48 bits per heavy atom. The topological polar surface area (TPSA) is 27.7 Å². The molecule has 0 radical (unpaired) electrons. The highest BCUT2D eigenvalue weighted by atomic mass is 16.7. The van der Waals surface area contributed by atoms with E-state index in [1.807, 2.05) is 6.07 Å². The maximum Gasteiger partial charge on any atom is 0.163 e. The monoisotopic (exact) mass is 288 g/mol. The molecule has 2 aliphatic heterocycles. The summed E-state index contributed by atoms with van der Waals surface area (Å²) in [6, 6.07) is 10.4. The van der Waals surface area contributed by atoms with Crippen LogP contribution in [0.25, 0.3) is 0 Å². The zero-order valence-electron chi connectivity index (χ0n) is 12.8. The van der Waals surface area contributed by atoms with Crippen molar-refractivity contribution in [3.05, 3.63) is 48.0 Å². The first-order valence-corrected chi connectivity index (χ1v) is 7.86. The first-order chi connectivity index (χ1) is 10.2. The zero-order valence-corrected chi connectivity index (χ0v) is 12.8. The van der Waals surface area contributed by atoms with Crippen LogP contribution in [-0.2, 0) is 14.2 Å². The Morgan fingerprint density at radius 1 is 1.10 bits per heavy atom. The molecule has 0 spiro atoms. The van der Waals surface area contributed by atoms with Gasteiger partial charge in [0.15, 0.2) is 6.29 Å². The molecule has 21 heavy (non-hydrogen) atoms. The highest BCUT2D eigenvalue weighted by Gasteiger charge is 2.41. The molecule has 3 nitrogen and oxygen atoms in total. The van der Waals surface area contributed by atoms with E-state index in [4.69, 9.17) is 14.2 Å². The number of rotatable bonds is 4. The Hall–Kier alpha value is -1.16. The van der Waals surface area contributed by atoms with E-state index in [2.05, 4.69) is 50.3 Å². The molecule has 0 bridgehead atoms. The van der Waals surface area contributed by atoms with Crippen LogP contribution in [0, 0.1) is 11.8 Å². The standard InChI is InChI=1S/C18H24O3/c1-13(2)8-9-16-15(18-19-10-11-20-18)12-17(21-16)14-6-4-3-5-7-14/h3-9,13,15-18H,10-12H2,1-2H3/b9-8+/t15-,16+,17-/m0/s1. The first kappa shape index (κ1) is 14.8. The lowest BCUT2D eigenvalue weighted by molar-refractivity contribution is -0.0940. The van der Waals surface area contributed by atoms with Crippen LogP contribution in [0.4, 0.5) is 0 Å². The Labute approximate surface area is 126 Å². The van der Waals surface area contributed by atoms with Gasteiger partial charge in [-0.3, -0.25) is 0 Å². The van der Waals surface area contributed by atoms with Crippen molar-refractivity contribution in [2.75, 3.05) is 13.2 Å². The van der Waals surface area contributed by atoms with Gasteiger partial charge < -0.3 is 14.2 Å². The van der Waals surface area contributed by atoms with Crippen molar-refractivity contribution in [2.45, 2.75) is 38.8 Å².